The van der Waals surface area contributed by atoms with Crippen LogP contribution in [0.5, 0.6) is 0 Å². The number of aromatic nitrogens is 2. The third-order valence-corrected chi connectivity index (χ3v) is 4.88. The van der Waals surface area contributed by atoms with Crippen LogP contribution in [0.25, 0.3) is 22.6 Å². The molecule has 4 rings (SSSR count). The van der Waals surface area contributed by atoms with Gasteiger partial charge in [-0.3, -0.25) is 10.0 Å². The van der Waals surface area contributed by atoms with Crippen LogP contribution in [0.1, 0.15) is 23.4 Å². The number of aryl methyl sites for hydroxylation is 2. The maximum absolute atomic E-state index is 11.8. The van der Waals surface area contributed by atoms with Gasteiger partial charge >= 0.3 is 0 Å². The average Bonchev–Trinajstić information content (AvgIpc) is 3.13. The van der Waals surface area contributed by atoms with Gasteiger partial charge in [-0.05, 0) is 53.6 Å². The summed E-state index contributed by atoms with van der Waals surface area (Å²) < 4.78 is 5.51. The van der Waals surface area contributed by atoms with Gasteiger partial charge in [-0.1, -0.05) is 30.3 Å². The van der Waals surface area contributed by atoms with Crippen molar-refractivity contribution in [3.63, 3.8) is 0 Å². The quantitative estimate of drug-likeness (QED) is 0.559. The summed E-state index contributed by atoms with van der Waals surface area (Å²) in [5, 5.41) is 16.8. The van der Waals surface area contributed by atoms with Crippen LogP contribution in [0, 0.1) is 12.8 Å². The Morgan fingerprint density at radius 1 is 1.12 bits per heavy atom. The Kier molecular flexibility index (Phi) is 4.26. The lowest BCUT2D eigenvalue weighted by molar-refractivity contribution is -0.133. The van der Waals surface area contributed by atoms with Gasteiger partial charge in [0.25, 0.3) is 0 Å². The Balaban J connectivity index is 1.66. The topological polar surface area (TPSA) is 88.2 Å². The summed E-state index contributed by atoms with van der Waals surface area (Å²) in [7, 11) is 0. The molecule has 26 heavy (non-hydrogen) atoms. The number of carbonyl (C=O) groups is 1. The fraction of sp³-hybridized carbons (Fsp3) is 0.250. The largest absolute Gasteiger partial charge is 0.421 e. The van der Waals surface area contributed by atoms with Gasteiger partial charge in [0.2, 0.25) is 17.7 Å². The van der Waals surface area contributed by atoms with Crippen molar-refractivity contribution >= 4 is 5.91 Å². The van der Waals surface area contributed by atoms with Crippen LogP contribution in [0.15, 0.2) is 46.9 Å². The predicted octanol–water partition coefficient (Wildman–Crippen LogP) is 3.32. The Morgan fingerprint density at radius 3 is 2.69 bits per heavy atom. The minimum Gasteiger partial charge on any atom is -0.421 e. The molecule has 3 aromatic rings. The summed E-state index contributed by atoms with van der Waals surface area (Å²) in [6.45, 7) is 1.77. The van der Waals surface area contributed by atoms with E-state index in [1.165, 1.54) is 5.56 Å². The first-order chi connectivity index (χ1) is 12.6. The van der Waals surface area contributed by atoms with E-state index in [0.29, 0.717) is 18.2 Å². The zero-order valence-corrected chi connectivity index (χ0v) is 14.4. The first kappa shape index (κ1) is 16.5. The molecular formula is C20H19N3O3. The van der Waals surface area contributed by atoms with Gasteiger partial charge in [-0.2, -0.15) is 0 Å². The molecule has 132 valence electrons. The van der Waals surface area contributed by atoms with Crippen LogP contribution in [0.2, 0.25) is 0 Å². The van der Waals surface area contributed by atoms with Gasteiger partial charge < -0.3 is 4.42 Å². The Hall–Kier alpha value is -2.99. The van der Waals surface area contributed by atoms with Crippen molar-refractivity contribution in [2.75, 3.05) is 0 Å². The van der Waals surface area contributed by atoms with E-state index in [4.69, 9.17) is 9.62 Å². The molecule has 1 unspecified atom stereocenters. The molecule has 1 aliphatic carbocycles. The highest BCUT2D eigenvalue weighted by Gasteiger charge is 2.24. The predicted molar refractivity (Wildman–Crippen MR) is 95.4 cm³/mol. The van der Waals surface area contributed by atoms with Gasteiger partial charge in [-0.25, -0.2) is 5.48 Å². The van der Waals surface area contributed by atoms with Crippen LogP contribution in [-0.2, 0) is 17.6 Å². The van der Waals surface area contributed by atoms with E-state index in [0.717, 1.165) is 35.1 Å². The molecule has 1 atom stereocenters. The van der Waals surface area contributed by atoms with E-state index in [-0.39, 0.29) is 11.8 Å². The van der Waals surface area contributed by atoms with Crippen LogP contribution in [0.3, 0.4) is 0 Å². The van der Waals surface area contributed by atoms with Crippen molar-refractivity contribution in [2.45, 2.75) is 26.2 Å². The van der Waals surface area contributed by atoms with Crippen molar-refractivity contribution in [2.24, 2.45) is 5.92 Å². The highest BCUT2D eigenvalue weighted by Crippen LogP contribution is 2.31. The lowest BCUT2D eigenvalue weighted by Crippen LogP contribution is -2.31. The fourth-order valence-electron chi connectivity index (χ4n) is 3.50. The Labute approximate surface area is 150 Å². The average molecular weight is 349 g/mol. The number of benzene rings is 2. The number of carbonyl (C=O) groups excluding carboxylic acids is 1. The molecular weight excluding hydrogens is 330 g/mol. The molecule has 0 radical (unpaired) electrons. The molecule has 0 saturated heterocycles. The lowest BCUT2D eigenvalue weighted by atomic mass is 9.82. The summed E-state index contributed by atoms with van der Waals surface area (Å²) in [6.07, 6.45) is 2.23. The summed E-state index contributed by atoms with van der Waals surface area (Å²) in [5.41, 5.74) is 7.19. The number of rotatable bonds is 3. The second kappa shape index (κ2) is 6.72. The maximum atomic E-state index is 11.8. The second-order valence-electron chi connectivity index (χ2n) is 6.61. The zero-order chi connectivity index (χ0) is 18.1. The molecule has 0 bridgehead atoms. The van der Waals surface area contributed by atoms with E-state index >= 15 is 0 Å². The van der Waals surface area contributed by atoms with Gasteiger partial charge in [0.05, 0.1) is 0 Å². The number of nitrogens with one attached hydrogen (secondary N) is 1. The molecule has 1 heterocycles. The zero-order valence-electron chi connectivity index (χ0n) is 14.4. The highest BCUT2D eigenvalue weighted by atomic mass is 16.5. The summed E-state index contributed by atoms with van der Waals surface area (Å²) >= 11 is 0. The van der Waals surface area contributed by atoms with Crippen molar-refractivity contribution in [3.05, 3.63) is 59.5 Å². The van der Waals surface area contributed by atoms with E-state index in [2.05, 4.69) is 28.4 Å². The number of fused-ring (bicyclic) bond motifs is 1. The Bertz CT molecular complexity index is 964. The SMILES string of the molecule is Cc1nnc(-c2cccc(-c3ccc4c(c3)CC(C(=O)NO)CC4)c2)o1. The molecule has 0 spiro atoms. The molecule has 0 fully saturated rings. The second-order valence-corrected chi connectivity index (χ2v) is 6.61. The van der Waals surface area contributed by atoms with Gasteiger partial charge in [0.15, 0.2) is 0 Å². The van der Waals surface area contributed by atoms with E-state index in [1.54, 1.807) is 12.4 Å². The molecule has 1 aromatic heterocycles. The molecule has 0 aliphatic heterocycles. The highest BCUT2D eigenvalue weighted by molar-refractivity contribution is 5.78. The van der Waals surface area contributed by atoms with Crippen molar-refractivity contribution in [1.29, 1.82) is 0 Å². The molecule has 1 aliphatic rings. The van der Waals surface area contributed by atoms with Gasteiger partial charge in [0, 0.05) is 18.4 Å². The van der Waals surface area contributed by atoms with Gasteiger partial charge in [0.1, 0.15) is 0 Å². The minimum absolute atomic E-state index is 0.185. The van der Waals surface area contributed by atoms with Crippen LogP contribution in [-0.4, -0.2) is 21.3 Å². The summed E-state index contributed by atoms with van der Waals surface area (Å²) in [5.74, 6) is 0.541. The van der Waals surface area contributed by atoms with Gasteiger partial charge in [-0.15, -0.1) is 10.2 Å². The number of hydrogen-bond acceptors (Lipinski definition) is 5. The summed E-state index contributed by atoms with van der Waals surface area (Å²) in [6, 6.07) is 14.3. The van der Waals surface area contributed by atoms with E-state index in [1.807, 2.05) is 24.3 Å². The van der Waals surface area contributed by atoms with Crippen LogP contribution in [0.4, 0.5) is 0 Å². The minimum atomic E-state index is -0.310. The molecule has 6 nitrogen and oxygen atoms in total. The molecule has 0 saturated carbocycles. The third-order valence-electron chi connectivity index (χ3n) is 4.88. The molecule has 1 amide bonds. The number of hydrogen-bond donors (Lipinski definition) is 2. The fourth-order valence-corrected chi connectivity index (χ4v) is 3.50. The number of amides is 1. The number of nitrogens with zero attached hydrogens (tertiary/aromatic N) is 2. The molecule has 6 heteroatoms. The summed E-state index contributed by atoms with van der Waals surface area (Å²) in [4.78, 5) is 11.8. The van der Waals surface area contributed by atoms with E-state index in [9.17, 15) is 4.79 Å². The first-order valence-electron chi connectivity index (χ1n) is 8.60. The maximum Gasteiger partial charge on any atom is 0.247 e. The Morgan fingerprint density at radius 2 is 1.92 bits per heavy atom. The van der Waals surface area contributed by atoms with E-state index < -0.39 is 0 Å². The van der Waals surface area contributed by atoms with Crippen molar-refractivity contribution in [1.82, 2.24) is 15.7 Å². The third kappa shape index (κ3) is 3.11. The normalized spacial score (nSPS) is 16.2. The van der Waals surface area contributed by atoms with Crippen LogP contribution >= 0.6 is 0 Å². The molecule has 2 aromatic carbocycles. The van der Waals surface area contributed by atoms with Crippen LogP contribution < -0.4 is 5.48 Å². The van der Waals surface area contributed by atoms with Crippen molar-refractivity contribution in [3.8, 4) is 22.6 Å². The lowest BCUT2D eigenvalue weighted by Gasteiger charge is -2.23. The smallest absolute Gasteiger partial charge is 0.247 e. The first-order valence-corrected chi connectivity index (χ1v) is 8.60. The molecule has 2 N–H and O–H groups in total. The monoisotopic (exact) mass is 349 g/mol. The number of hydroxylamine groups is 1. The van der Waals surface area contributed by atoms with Crippen molar-refractivity contribution < 1.29 is 14.4 Å². The standard InChI is InChI=1S/C20H19N3O3/c1-12-21-22-20(26-12)17-4-2-3-14(9-17)15-7-5-13-6-8-16(19(24)23-25)11-18(13)10-15/h2-5,7,9-10,16,25H,6,8,11H2,1H3,(H,23,24).